The highest BCUT2D eigenvalue weighted by molar-refractivity contribution is 9.10. The van der Waals surface area contributed by atoms with Crippen molar-refractivity contribution in [3.8, 4) is 17.6 Å². The van der Waals surface area contributed by atoms with Gasteiger partial charge in [0, 0.05) is 19.2 Å². The molecule has 2 aliphatic rings. The fourth-order valence-corrected chi connectivity index (χ4v) is 4.22. The Balaban J connectivity index is 1.61. The smallest absolute Gasteiger partial charge is 0.260 e. The fraction of sp³-hybridized carbons (Fsp3) is 0.579. The quantitative estimate of drug-likeness (QED) is 0.743. The summed E-state index contributed by atoms with van der Waals surface area (Å²) in [4.78, 5) is 14.4. The summed E-state index contributed by atoms with van der Waals surface area (Å²) in [5, 5.41) is 9.07. The van der Waals surface area contributed by atoms with E-state index in [-0.39, 0.29) is 12.5 Å². The lowest BCUT2D eigenvalue weighted by atomic mass is 9.63. The first-order chi connectivity index (χ1) is 12.1. The van der Waals surface area contributed by atoms with Crippen molar-refractivity contribution in [1.29, 1.82) is 5.26 Å². The molecule has 5 nitrogen and oxygen atoms in total. The van der Waals surface area contributed by atoms with Crippen molar-refractivity contribution in [2.24, 2.45) is 5.41 Å². The molecule has 1 aromatic carbocycles. The Morgan fingerprint density at radius 3 is 2.56 bits per heavy atom. The number of piperidine rings is 1. The van der Waals surface area contributed by atoms with Crippen molar-refractivity contribution in [3.63, 3.8) is 0 Å². The zero-order valence-corrected chi connectivity index (χ0v) is 16.1. The third-order valence-electron chi connectivity index (χ3n) is 5.37. The lowest BCUT2D eigenvalue weighted by Gasteiger charge is -2.47. The van der Waals surface area contributed by atoms with E-state index in [0.29, 0.717) is 33.6 Å². The van der Waals surface area contributed by atoms with Crippen LogP contribution in [-0.4, -0.2) is 37.1 Å². The van der Waals surface area contributed by atoms with Gasteiger partial charge in [0.1, 0.15) is 0 Å². The largest absolute Gasteiger partial charge is 0.490 e. The first kappa shape index (κ1) is 18.1. The molecule has 0 N–H and O–H groups in total. The molecule has 1 heterocycles. The molecule has 3 rings (SSSR count). The molecule has 1 amide bonds. The van der Waals surface area contributed by atoms with Gasteiger partial charge in [0.15, 0.2) is 18.1 Å². The van der Waals surface area contributed by atoms with Crippen LogP contribution >= 0.6 is 15.9 Å². The molecule has 25 heavy (non-hydrogen) atoms. The number of likely N-dealkylation sites (tertiary alicyclic amines) is 1. The van der Waals surface area contributed by atoms with Gasteiger partial charge in [-0.1, -0.05) is 6.42 Å². The second-order valence-electron chi connectivity index (χ2n) is 6.85. The zero-order chi connectivity index (χ0) is 17.9. The molecule has 6 heteroatoms. The van der Waals surface area contributed by atoms with Crippen LogP contribution in [-0.2, 0) is 4.79 Å². The van der Waals surface area contributed by atoms with Gasteiger partial charge < -0.3 is 14.4 Å². The van der Waals surface area contributed by atoms with Gasteiger partial charge in [0.05, 0.1) is 22.7 Å². The Morgan fingerprint density at radius 1 is 1.28 bits per heavy atom. The summed E-state index contributed by atoms with van der Waals surface area (Å²) in [6.07, 6.45) is 6.21. The van der Waals surface area contributed by atoms with E-state index in [2.05, 4.69) is 22.0 Å². The summed E-state index contributed by atoms with van der Waals surface area (Å²) < 4.78 is 11.9. The second kappa shape index (κ2) is 7.65. The number of amides is 1. The monoisotopic (exact) mass is 406 g/mol. The van der Waals surface area contributed by atoms with Crippen LogP contribution in [0.1, 0.15) is 44.6 Å². The highest BCUT2D eigenvalue weighted by atomic mass is 79.9. The first-order valence-corrected chi connectivity index (χ1v) is 9.63. The lowest BCUT2D eigenvalue weighted by molar-refractivity contribution is -0.136. The van der Waals surface area contributed by atoms with Crippen LogP contribution in [0.25, 0.3) is 0 Å². The van der Waals surface area contributed by atoms with Crippen molar-refractivity contribution < 1.29 is 14.3 Å². The van der Waals surface area contributed by atoms with Gasteiger partial charge in [-0.3, -0.25) is 4.79 Å². The topological polar surface area (TPSA) is 62.6 Å². The molecular weight excluding hydrogens is 384 g/mol. The van der Waals surface area contributed by atoms with Crippen LogP contribution in [0.3, 0.4) is 0 Å². The van der Waals surface area contributed by atoms with Gasteiger partial charge in [0.2, 0.25) is 0 Å². The maximum Gasteiger partial charge on any atom is 0.260 e. The number of hydrogen-bond donors (Lipinski definition) is 0. The van der Waals surface area contributed by atoms with Gasteiger partial charge in [-0.2, -0.15) is 5.26 Å². The summed E-state index contributed by atoms with van der Waals surface area (Å²) in [5.41, 5.74) is 1.01. The molecule has 2 fully saturated rings. The van der Waals surface area contributed by atoms with Crippen molar-refractivity contribution in [2.45, 2.75) is 39.0 Å². The van der Waals surface area contributed by atoms with Crippen LogP contribution in [0.2, 0.25) is 0 Å². The number of nitrogens with zero attached hydrogens (tertiary/aromatic N) is 2. The van der Waals surface area contributed by atoms with Gasteiger partial charge in [-0.05, 0) is 60.0 Å². The van der Waals surface area contributed by atoms with E-state index in [1.165, 1.54) is 19.3 Å². The van der Waals surface area contributed by atoms with E-state index in [9.17, 15) is 4.79 Å². The Hall–Kier alpha value is -1.74. The third kappa shape index (κ3) is 3.92. The minimum Gasteiger partial charge on any atom is -0.490 e. The van der Waals surface area contributed by atoms with Crippen molar-refractivity contribution in [2.75, 3.05) is 26.3 Å². The van der Waals surface area contributed by atoms with E-state index >= 15 is 0 Å². The number of rotatable bonds is 5. The molecule has 1 aromatic rings. The number of carbonyl (C=O) groups is 1. The van der Waals surface area contributed by atoms with E-state index in [0.717, 1.165) is 25.9 Å². The highest BCUT2D eigenvalue weighted by Gasteiger charge is 2.40. The number of benzene rings is 1. The second-order valence-corrected chi connectivity index (χ2v) is 7.71. The molecule has 1 saturated heterocycles. The van der Waals surface area contributed by atoms with Crippen LogP contribution in [0.5, 0.6) is 11.5 Å². The minimum absolute atomic E-state index is 0.00730. The van der Waals surface area contributed by atoms with E-state index in [1.807, 2.05) is 11.8 Å². The van der Waals surface area contributed by atoms with Crippen LogP contribution < -0.4 is 9.47 Å². The lowest BCUT2D eigenvalue weighted by Crippen LogP contribution is -2.47. The summed E-state index contributed by atoms with van der Waals surface area (Å²) in [6, 6.07) is 5.39. The molecule has 1 aliphatic carbocycles. The molecule has 1 saturated carbocycles. The molecule has 1 spiro atoms. The average molecular weight is 407 g/mol. The number of nitriles is 1. The fourth-order valence-electron chi connectivity index (χ4n) is 3.67. The Labute approximate surface area is 157 Å². The molecule has 0 bridgehead atoms. The molecule has 0 atom stereocenters. The third-order valence-corrected chi connectivity index (χ3v) is 5.96. The maximum atomic E-state index is 12.5. The number of halogens is 1. The number of carbonyl (C=O) groups excluding carboxylic acids is 1. The van der Waals surface area contributed by atoms with E-state index in [1.54, 1.807) is 12.1 Å². The molecule has 0 aromatic heterocycles. The molecule has 0 radical (unpaired) electrons. The van der Waals surface area contributed by atoms with E-state index < -0.39 is 0 Å². The van der Waals surface area contributed by atoms with Gasteiger partial charge in [0.25, 0.3) is 5.91 Å². The predicted molar refractivity (Wildman–Crippen MR) is 97.6 cm³/mol. The summed E-state index contributed by atoms with van der Waals surface area (Å²) >= 11 is 3.41. The Morgan fingerprint density at radius 2 is 2.00 bits per heavy atom. The predicted octanol–water partition coefficient (Wildman–Crippen LogP) is 3.89. The minimum atomic E-state index is -0.0163. The van der Waals surface area contributed by atoms with E-state index in [4.69, 9.17) is 14.7 Å². The Kier molecular flexibility index (Phi) is 5.53. The van der Waals surface area contributed by atoms with Crippen LogP contribution in [0, 0.1) is 16.7 Å². The number of ether oxygens (including phenoxy) is 2. The summed E-state index contributed by atoms with van der Waals surface area (Å²) in [7, 11) is 0. The summed E-state index contributed by atoms with van der Waals surface area (Å²) in [6.45, 7) is 3.97. The summed E-state index contributed by atoms with van der Waals surface area (Å²) in [5.74, 6) is 0.961. The SMILES string of the molecule is CCOc1cc(C#N)cc(Br)c1OCC(=O)N1CCC2(CCC2)CC1. The van der Waals surface area contributed by atoms with Gasteiger partial charge in [-0.15, -0.1) is 0 Å². The molecule has 134 valence electrons. The Bertz CT molecular complexity index is 685. The molecule has 1 aliphatic heterocycles. The average Bonchev–Trinajstić information content (AvgIpc) is 2.59. The van der Waals surface area contributed by atoms with Crippen LogP contribution in [0.15, 0.2) is 16.6 Å². The van der Waals surface area contributed by atoms with Crippen molar-refractivity contribution >= 4 is 21.8 Å². The van der Waals surface area contributed by atoms with Crippen LogP contribution in [0.4, 0.5) is 0 Å². The van der Waals surface area contributed by atoms with Gasteiger partial charge >= 0.3 is 0 Å². The van der Waals surface area contributed by atoms with Gasteiger partial charge in [-0.25, -0.2) is 0 Å². The maximum absolute atomic E-state index is 12.5. The normalized spacial score (nSPS) is 18.4. The van der Waals surface area contributed by atoms with Crippen molar-refractivity contribution in [3.05, 3.63) is 22.2 Å². The zero-order valence-electron chi connectivity index (χ0n) is 14.5. The highest BCUT2D eigenvalue weighted by Crippen LogP contribution is 2.48. The molecule has 0 unspecified atom stereocenters. The first-order valence-electron chi connectivity index (χ1n) is 8.84. The van der Waals surface area contributed by atoms with Crippen molar-refractivity contribution in [1.82, 2.24) is 4.90 Å². The standard InChI is InChI=1S/C19H23BrN2O3/c1-2-24-16-11-14(12-21)10-15(20)18(16)25-13-17(23)22-8-6-19(7-9-22)4-3-5-19/h10-11H,2-9,13H2,1H3. The number of hydrogen-bond acceptors (Lipinski definition) is 4. The molecular formula is C19H23BrN2O3.